The fourth-order valence-corrected chi connectivity index (χ4v) is 3.45. The summed E-state index contributed by atoms with van der Waals surface area (Å²) in [6.45, 7) is 1.14. The minimum atomic E-state index is 0. The molecule has 2 aliphatic rings. The molecule has 1 fully saturated rings. The zero-order chi connectivity index (χ0) is 13.9. The number of carbonyl (C=O) groups excluding carboxylic acids is 1. The highest BCUT2D eigenvalue weighted by molar-refractivity contribution is 8.13. The molecule has 1 saturated carbocycles. The predicted molar refractivity (Wildman–Crippen MR) is 95.2 cm³/mol. The molecule has 0 spiro atoms. The highest BCUT2D eigenvalue weighted by Gasteiger charge is 2.19. The summed E-state index contributed by atoms with van der Waals surface area (Å²) in [6.07, 6.45) is 4.48. The lowest BCUT2D eigenvalue weighted by atomic mass is 9.92. The van der Waals surface area contributed by atoms with Gasteiger partial charge in [-0.25, -0.2) is 4.98 Å². The van der Waals surface area contributed by atoms with Crippen LogP contribution in [0.1, 0.15) is 31.4 Å². The number of pyridine rings is 1. The van der Waals surface area contributed by atoms with Gasteiger partial charge in [-0.2, -0.15) is 0 Å². The maximum absolute atomic E-state index is 11.4. The van der Waals surface area contributed by atoms with Crippen molar-refractivity contribution in [3.8, 4) is 0 Å². The van der Waals surface area contributed by atoms with Gasteiger partial charge in [0.25, 0.3) is 0 Å². The van der Waals surface area contributed by atoms with Crippen LogP contribution in [0.25, 0.3) is 0 Å². The van der Waals surface area contributed by atoms with Gasteiger partial charge in [0, 0.05) is 18.6 Å². The van der Waals surface area contributed by atoms with E-state index in [0.29, 0.717) is 18.6 Å². The van der Waals surface area contributed by atoms with Crippen molar-refractivity contribution in [3.05, 3.63) is 17.8 Å². The van der Waals surface area contributed by atoms with Crippen LogP contribution in [0.2, 0.25) is 0 Å². The van der Waals surface area contributed by atoms with Crippen molar-refractivity contribution in [2.75, 3.05) is 11.9 Å². The van der Waals surface area contributed by atoms with Gasteiger partial charge >= 0.3 is 0 Å². The number of aromatic nitrogens is 1. The second kappa shape index (κ2) is 8.93. The molecule has 0 atom stereocenters. The quantitative estimate of drug-likeness (QED) is 0.763. The van der Waals surface area contributed by atoms with Gasteiger partial charge in [0.15, 0.2) is 0 Å². The molecule has 3 rings (SSSR count). The van der Waals surface area contributed by atoms with Crippen LogP contribution in [0, 0.1) is 0 Å². The minimum Gasteiger partial charge on any atom is -0.375 e. The molecule has 0 saturated heterocycles. The molecule has 4 N–H and O–H groups in total. The number of nitrogens with one attached hydrogen (secondary N) is 2. The van der Waals surface area contributed by atoms with E-state index in [1.54, 1.807) is 0 Å². The van der Waals surface area contributed by atoms with E-state index < -0.39 is 0 Å². The average Bonchev–Trinajstić information content (AvgIpc) is 2.46. The van der Waals surface area contributed by atoms with Crippen molar-refractivity contribution < 1.29 is 4.79 Å². The number of rotatable bonds is 3. The van der Waals surface area contributed by atoms with Crippen LogP contribution in [0.3, 0.4) is 0 Å². The second-order valence-electron chi connectivity index (χ2n) is 5.48. The Hall–Kier alpha value is -0.530. The Kier molecular flexibility index (Phi) is 7.93. The molecule has 0 radical (unpaired) electrons. The molecular weight excluding hydrogens is 343 g/mol. The van der Waals surface area contributed by atoms with E-state index in [1.807, 2.05) is 12.1 Å². The summed E-state index contributed by atoms with van der Waals surface area (Å²) in [5.74, 6) is 0. The Balaban J connectivity index is 0.00000121. The normalized spacial score (nSPS) is 23.6. The van der Waals surface area contributed by atoms with Crippen LogP contribution in [0.4, 0.5) is 5.69 Å². The van der Waals surface area contributed by atoms with Gasteiger partial charge in [-0.1, -0.05) is 0 Å². The van der Waals surface area contributed by atoms with Gasteiger partial charge in [-0.3, -0.25) is 4.79 Å². The maximum atomic E-state index is 11.4. The molecule has 1 aromatic heterocycles. The monoisotopic (exact) mass is 364 g/mol. The molecule has 8 heteroatoms. The largest absolute Gasteiger partial charge is 0.375 e. The summed E-state index contributed by atoms with van der Waals surface area (Å²) in [6, 6.07) is 4.95. The maximum Gasteiger partial charge on any atom is 0.214 e. The molecule has 124 valence electrons. The van der Waals surface area contributed by atoms with E-state index >= 15 is 0 Å². The Morgan fingerprint density at radius 1 is 1.27 bits per heavy atom. The van der Waals surface area contributed by atoms with Crippen LogP contribution in [0.5, 0.6) is 0 Å². The molecule has 1 aliphatic heterocycles. The van der Waals surface area contributed by atoms with Crippen molar-refractivity contribution in [1.29, 1.82) is 0 Å². The first kappa shape index (κ1) is 19.5. The molecule has 1 aliphatic carbocycles. The minimum absolute atomic E-state index is 0. The van der Waals surface area contributed by atoms with Crippen LogP contribution < -0.4 is 16.4 Å². The highest BCUT2D eigenvalue weighted by atomic mass is 35.5. The Bertz CT molecular complexity index is 510. The summed E-state index contributed by atoms with van der Waals surface area (Å²) >= 11 is 1.23. The van der Waals surface area contributed by atoms with Gasteiger partial charge in [0.05, 0.1) is 17.9 Å². The fraction of sp³-hybridized carbons (Fsp3) is 0.571. The molecule has 0 unspecified atom stereocenters. The topological polar surface area (TPSA) is 80.0 Å². The number of anilines is 1. The van der Waals surface area contributed by atoms with Crippen LogP contribution in [0.15, 0.2) is 17.2 Å². The summed E-state index contributed by atoms with van der Waals surface area (Å²) in [4.78, 5) is 16.0. The lowest BCUT2D eigenvalue weighted by Crippen LogP contribution is -2.37. The average molecular weight is 365 g/mol. The Morgan fingerprint density at radius 3 is 2.73 bits per heavy atom. The van der Waals surface area contributed by atoms with E-state index in [2.05, 4.69) is 15.6 Å². The number of thioether (sulfide) groups is 1. The van der Waals surface area contributed by atoms with Crippen molar-refractivity contribution in [3.63, 3.8) is 0 Å². The molecule has 0 bridgehead atoms. The highest BCUT2D eigenvalue weighted by Crippen LogP contribution is 2.29. The van der Waals surface area contributed by atoms with Crippen LogP contribution in [-0.2, 0) is 11.3 Å². The van der Waals surface area contributed by atoms with E-state index in [9.17, 15) is 4.79 Å². The van der Waals surface area contributed by atoms with E-state index in [0.717, 1.165) is 48.6 Å². The zero-order valence-electron chi connectivity index (χ0n) is 12.2. The summed E-state index contributed by atoms with van der Waals surface area (Å²) < 4.78 is 0. The van der Waals surface area contributed by atoms with Gasteiger partial charge in [0.2, 0.25) is 5.12 Å². The molecule has 0 amide bonds. The molecule has 22 heavy (non-hydrogen) atoms. The van der Waals surface area contributed by atoms with Gasteiger partial charge in [0.1, 0.15) is 5.03 Å². The summed E-state index contributed by atoms with van der Waals surface area (Å²) in [5, 5.41) is 7.55. The molecular formula is C14H22Cl2N4OS. The lowest BCUT2D eigenvalue weighted by Gasteiger charge is -2.27. The van der Waals surface area contributed by atoms with Crippen molar-refractivity contribution in [1.82, 2.24) is 10.3 Å². The molecule has 0 aromatic carbocycles. The number of hydrogen-bond acceptors (Lipinski definition) is 6. The van der Waals surface area contributed by atoms with Crippen molar-refractivity contribution in [2.24, 2.45) is 5.73 Å². The second-order valence-corrected chi connectivity index (χ2v) is 6.52. The first-order valence-corrected chi connectivity index (χ1v) is 7.96. The summed E-state index contributed by atoms with van der Waals surface area (Å²) in [5.41, 5.74) is 7.86. The fourth-order valence-electron chi connectivity index (χ4n) is 2.67. The first-order valence-electron chi connectivity index (χ1n) is 7.14. The van der Waals surface area contributed by atoms with Crippen molar-refractivity contribution in [2.45, 2.75) is 49.3 Å². The smallest absolute Gasteiger partial charge is 0.214 e. The van der Waals surface area contributed by atoms with E-state index in [4.69, 9.17) is 5.73 Å². The predicted octanol–water partition coefficient (Wildman–Crippen LogP) is 2.33. The van der Waals surface area contributed by atoms with Gasteiger partial charge < -0.3 is 16.4 Å². The number of nitrogens with two attached hydrogens (primary N) is 1. The number of nitrogens with zero attached hydrogens (tertiary/aromatic N) is 1. The standard InChI is InChI=1S/C14H20N4OS.2ClH/c15-9-1-3-10(4-2-9)16-7-11-5-6-12-14(18-11)20-13(19)8-17-12;;/h5-6,9-10,16-17H,1-4,7-8,15H2;2*1H. The Labute approximate surface area is 147 Å². The number of carbonyl (C=O) groups is 1. The molecule has 5 nitrogen and oxygen atoms in total. The zero-order valence-corrected chi connectivity index (χ0v) is 14.7. The number of hydrogen-bond donors (Lipinski definition) is 3. The lowest BCUT2D eigenvalue weighted by molar-refractivity contribution is -0.109. The van der Waals surface area contributed by atoms with Gasteiger partial charge in [-0.15, -0.1) is 24.8 Å². The molecule has 2 heterocycles. The number of fused-ring (bicyclic) bond motifs is 1. The molecule has 1 aromatic rings. The van der Waals surface area contributed by atoms with Crippen LogP contribution in [-0.4, -0.2) is 28.7 Å². The van der Waals surface area contributed by atoms with Gasteiger partial charge in [-0.05, 0) is 49.6 Å². The number of halogens is 2. The summed E-state index contributed by atoms with van der Waals surface area (Å²) in [7, 11) is 0. The third-order valence-corrected chi connectivity index (χ3v) is 4.77. The third kappa shape index (κ3) is 4.99. The van der Waals surface area contributed by atoms with Crippen molar-refractivity contribution >= 4 is 47.4 Å². The Morgan fingerprint density at radius 2 is 2.00 bits per heavy atom. The van der Waals surface area contributed by atoms with E-state index in [1.165, 1.54) is 11.8 Å². The first-order chi connectivity index (χ1) is 9.70. The SMILES string of the molecule is Cl.Cl.NC1CCC(NCc2ccc3c(n2)SC(=O)CN3)CC1. The third-order valence-electron chi connectivity index (χ3n) is 3.90. The van der Waals surface area contributed by atoms with Crippen LogP contribution >= 0.6 is 36.6 Å². The van der Waals surface area contributed by atoms with E-state index in [-0.39, 0.29) is 29.9 Å².